The van der Waals surface area contributed by atoms with Gasteiger partial charge in [0.2, 0.25) is 0 Å². The minimum Gasteiger partial charge on any atom is -0.423 e. The van der Waals surface area contributed by atoms with Gasteiger partial charge in [0.15, 0.2) is 0 Å². The molecule has 0 aliphatic heterocycles. The van der Waals surface area contributed by atoms with Crippen molar-refractivity contribution in [1.29, 1.82) is 0 Å². The van der Waals surface area contributed by atoms with Crippen LogP contribution in [0, 0.1) is 0 Å². The van der Waals surface area contributed by atoms with Crippen molar-refractivity contribution < 1.29 is 10.0 Å². The molecule has 0 radical (unpaired) electrons. The molecule has 28 heavy (non-hydrogen) atoms. The molecular weight excluding hydrogens is 343 g/mol. The van der Waals surface area contributed by atoms with Gasteiger partial charge in [0.1, 0.15) is 0 Å². The molecule has 2 N–H and O–H groups in total. The van der Waals surface area contributed by atoms with Gasteiger partial charge in [-0.15, -0.1) is 0 Å². The van der Waals surface area contributed by atoms with Crippen molar-refractivity contribution >= 4 is 12.6 Å². The molecule has 3 heteroatoms. The van der Waals surface area contributed by atoms with Crippen LogP contribution in [-0.2, 0) is 5.41 Å². The summed E-state index contributed by atoms with van der Waals surface area (Å²) in [4.78, 5) is 0. The Morgan fingerprint density at radius 1 is 0.786 bits per heavy atom. The van der Waals surface area contributed by atoms with Gasteiger partial charge in [0.05, 0.1) is 5.41 Å². The number of benzene rings is 3. The second kappa shape index (κ2) is 6.63. The molecular formula is C25H21BO2. The largest absolute Gasteiger partial charge is 0.488 e. The molecule has 3 aromatic carbocycles. The summed E-state index contributed by atoms with van der Waals surface area (Å²) < 4.78 is 0. The van der Waals surface area contributed by atoms with Gasteiger partial charge in [-0.1, -0.05) is 96.6 Å². The van der Waals surface area contributed by atoms with Gasteiger partial charge in [-0.2, -0.15) is 0 Å². The van der Waals surface area contributed by atoms with Crippen LogP contribution in [-0.4, -0.2) is 17.2 Å². The Labute approximate surface area is 165 Å². The van der Waals surface area contributed by atoms with Crippen molar-refractivity contribution in [3.8, 4) is 11.1 Å². The lowest BCUT2D eigenvalue weighted by atomic mass is 9.64. The van der Waals surface area contributed by atoms with E-state index in [0.717, 1.165) is 18.4 Å². The number of hydrogen-bond acceptors (Lipinski definition) is 2. The van der Waals surface area contributed by atoms with E-state index in [4.69, 9.17) is 0 Å². The third-order valence-corrected chi connectivity index (χ3v) is 6.07. The first-order chi connectivity index (χ1) is 13.7. The third kappa shape index (κ3) is 2.37. The molecule has 0 spiro atoms. The Morgan fingerprint density at radius 2 is 1.54 bits per heavy atom. The molecule has 0 aromatic heterocycles. The Balaban J connectivity index is 1.92. The van der Waals surface area contributed by atoms with E-state index in [9.17, 15) is 10.0 Å². The highest BCUT2D eigenvalue weighted by atomic mass is 16.4. The highest BCUT2D eigenvalue weighted by molar-refractivity contribution is 6.58. The lowest BCUT2D eigenvalue weighted by Crippen LogP contribution is -2.34. The zero-order valence-electron chi connectivity index (χ0n) is 15.5. The van der Waals surface area contributed by atoms with Crippen molar-refractivity contribution in [3.63, 3.8) is 0 Å². The molecule has 3 aromatic rings. The van der Waals surface area contributed by atoms with E-state index in [1.165, 1.54) is 27.8 Å². The molecule has 0 bridgehead atoms. The van der Waals surface area contributed by atoms with Crippen LogP contribution in [0.25, 0.3) is 11.1 Å². The van der Waals surface area contributed by atoms with Gasteiger partial charge in [-0.05, 0) is 46.1 Å². The maximum absolute atomic E-state index is 9.85. The topological polar surface area (TPSA) is 40.5 Å². The first-order valence-electron chi connectivity index (χ1n) is 9.75. The smallest absolute Gasteiger partial charge is 0.423 e. The molecule has 0 heterocycles. The van der Waals surface area contributed by atoms with Gasteiger partial charge in [0, 0.05) is 0 Å². The normalized spacial score (nSPS) is 19.7. The summed E-state index contributed by atoms with van der Waals surface area (Å²) in [5.74, 6) is 0. The van der Waals surface area contributed by atoms with E-state index in [1.807, 2.05) is 24.3 Å². The van der Waals surface area contributed by atoms with Gasteiger partial charge in [-0.3, -0.25) is 0 Å². The first-order valence-corrected chi connectivity index (χ1v) is 9.75. The van der Waals surface area contributed by atoms with Crippen molar-refractivity contribution in [2.75, 3.05) is 0 Å². The van der Waals surface area contributed by atoms with Crippen LogP contribution < -0.4 is 5.46 Å². The van der Waals surface area contributed by atoms with Crippen LogP contribution in [0.1, 0.15) is 29.5 Å². The van der Waals surface area contributed by atoms with Crippen LogP contribution in [0.15, 0.2) is 96.6 Å². The lowest BCUT2D eigenvalue weighted by molar-refractivity contribution is 0.425. The fourth-order valence-electron chi connectivity index (χ4n) is 4.90. The zero-order valence-corrected chi connectivity index (χ0v) is 15.5. The molecule has 0 saturated carbocycles. The standard InChI is InChI=1S/C25H21BO2/c27-26(28)20-15-16-22-21-13-7-8-14-23(21)25(24(22)17-20,18-9-3-1-4-10-18)19-11-5-2-6-12-19/h1-5,7-11,13-17,27-28H,6,12H2. The summed E-state index contributed by atoms with van der Waals surface area (Å²) in [6.07, 6.45) is 8.59. The molecule has 0 amide bonds. The van der Waals surface area contributed by atoms with Crippen LogP contribution in [0.5, 0.6) is 0 Å². The average molecular weight is 364 g/mol. The van der Waals surface area contributed by atoms with E-state index in [2.05, 4.69) is 66.8 Å². The molecule has 0 fully saturated rings. The minimum atomic E-state index is -1.48. The Hall–Kier alpha value is -2.88. The highest BCUT2D eigenvalue weighted by Crippen LogP contribution is 2.57. The van der Waals surface area contributed by atoms with E-state index in [1.54, 1.807) is 0 Å². The SMILES string of the molecule is OB(O)c1ccc2c(c1)C(C1=CC=CCC1)(c1ccccc1)c1ccccc1-2. The molecule has 2 aliphatic carbocycles. The molecule has 136 valence electrons. The van der Waals surface area contributed by atoms with Gasteiger partial charge in [0.25, 0.3) is 0 Å². The van der Waals surface area contributed by atoms with E-state index in [-0.39, 0.29) is 0 Å². The molecule has 1 unspecified atom stereocenters. The molecule has 1 atom stereocenters. The van der Waals surface area contributed by atoms with Crippen LogP contribution in [0.2, 0.25) is 0 Å². The number of fused-ring (bicyclic) bond motifs is 3. The van der Waals surface area contributed by atoms with Gasteiger partial charge >= 0.3 is 7.12 Å². The second-order valence-corrected chi connectivity index (χ2v) is 7.50. The summed E-state index contributed by atoms with van der Waals surface area (Å²) in [7, 11) is -1.48. The Kier molecular flexibility index (Phi) is 4.08. The van der Waals surface area contributed by atoms with E-state index >= 15 is 0 Å². The van der Waals surface area contributed by atoms with E-state index < -0.39 is 12.5 Å². The summed E-state index contributed by atoms with van der Waals surface area (Å²) in [5, 5.41) is 19.7. The summed E-state index contributed by atoms with van der Waals surface area (Å²) in [6, 6.07) is 25.0. The predicted molar refractivity (Wildman–Crippen MR) is 114 cm³/mol. The predicted octanol–water partition coefficient (Wildman–Crippen LogP) is 3.96. The number of hydrogen-bond donors (Lipinski definition) is 2. The molecule has 2 nitrogen and oxygen atoms in total. The zero-order chi connectivity index (χ0) is 19.1. The molecule has 2 aliphatic rings. The minimum absolute atomic E-state index is 0.414. The maximum atomic E-state index is 9.85. The highest BCUT2D eigenvalue weighted by Gasteiger charge is 2.47. The second-order valence-electron chi connectivity index (χ2n) is 7.50. The fourth-order valence-corrected chi connectivity index (χ4v) is 4.90. The fraction of sp³-hybridized carbons (Fsp3) is 0.120. The summed E-state index contributed by atoms with van der Waals surface area (Å²) in [6.45, 7) is 0. The van der Waals surface area contributed by atoms with Crippen LogP contribution in [0.3, 0.4) is 0 Å². The first kappa shape index (κ1) is 17.2. The number of rotatable bonds is 3. The average Bonchev–Trinajstić information content (AvgIpc) is 3.05. The Bertz CT molecular complexity index is 1100. The van der Waals surface area contributed by atoms with E-state index in [0.29, 0.717) is 5.46 Å². The van der Waals surface area contributed by atoms with Crippen LogP contribution in [0.4, 0.5) is 0 Å². The third-order valence-electron chi connectivity index (χ3n) is 6.07. The lowest BCUT2D eigenvalue weighted by Gasteiger charge is -2.36. The molecule has 0 saturated heterocycles. The summed E-state index contributed by atoms with van der Waals surface area (Å²) in [5.41, 5.74) is 7.45. The molecule has 5 rings (SSSR count). The van der Waals surface area contributed by atoms with Gasteiger partial charge in [-0.25, -0.2) is 0 Å². The summed E-state index contributed by atoms with van der Waals surface area (Å²) >= 11 is 0. The van der Waals surface area contributed by atoms with Crippen molar-refractivity contribution in [2.45, 2.75) is 18.3 Å². The van der Waals surface area contributed by atoms with Crippen molar-refractivity contribution in [3.05, 3.63) is 113 Å². The van der Waals surface area contributed by atoms with Gasteiger partial charge < -0.3 is 10.0 Å². The maximum Gasteiger partial charge on any atom is 0.488 e. The van der Waals surface area contributed by atoms with Crippen molar-refractivity contribution in [1.82, 2.24) is 0 Å². The quantitative estimate of drug-likeness (QED) is 0.691. The van der Waals surface area contributed by atoms with Crippen molar-refractivity contribution in [2.24, 2.45) is 0 Å². The number of allylic oxidation sites excluding steroid dienone is 4. The van der Waals surface area contributed by atoms with Crippen LogP contribution >= 0.6 is 0 Å². The monoisotopic (exact) mass is 364 g/mol. The Morgan fingerprint density at radius 3 is 2.29 bits per heavy atom.